The number of aliphatic hydroxyl groups excluding tert-OH is 1. The lowest BCUT2D eigenvalue weighted by molar-refractivity contribution is -0.112. The Morgan fingerprint density at radius 1 is 1.25 bits per heavy atom. The molecular weight excluding hydrogens is 458 g/mol. The van der Waals surface area contributed by atoms with Crippen LogP contribution in [-0.2, 0) is 11.3 Å². The highest BCUT2D eigenvalue weighted by Crippen LogP contribution is 2.35. The molecule has 192 valence electrons. The quantitative estimate of drug-likeness (QED) is 0.365. The Kier molecular flexibility index (Phi) is 8.50. The average molecular weight is 494 g/mol. The molecule has 0 spiro atoms. The van der Waals surface area contributed by atoms with E-state index in [0.29, 0.717) is 48.7 Å². The molecule has 1 aromatic carbocycles. The first kappa shape index (κ1) is 25.6. The van der Waals surface area contributed by atoms with Crippen molar-refractivity contribution >= 4 is 30.0 Å². The molecule has 0 radical (unpaired) electrons. The summed E-state index contributed by atoms with van der Waals surface area (Å²) in [4.78, 5) is 37.6. The predicted octanol–water partition coefficient (Wildman–Crippen LogP) is 1.79. The number of fused-ring (bicyclic) bond motifs is 1. The first-order valence-corrected chi connectivity index (χ1v) is 12.6. The Morgan fingerprint density at radius 2 is 2.00 bits per heavy atom. The molecule has 2 aromatic rings. The summed E-state index contributed by atoms with van der Waals surface area (Å²) in [6.45, 7) is 5.64. The minimum absolute atomic E-state index is 0.00539. The van der Waals surface area contributed by atoms with Gasteiger partial charge in [-0.3, -0.25) is 4.79 Å². The van der Waals surface area contributed by atoms with Gasteiger partial charge in [-0.25, -0.2) is 4.98 Å². The molecule has 1 amide bonds. The van der Waals surface area contributed by atoms with Crippen LogP contribution in [0.15, 0.2) is 30.5 Å². The minimum Gasteiger partial charge on any atom is -0.396 e. The number of anilines is 2. The average Bonchev–Trinajstić information content (AvgIpc) is 2.89. The highest BCUT2D eigenvalue weighted by atomic mass is 16.3. The molecule has 2 unspecified atom stereocenters. The second kappa shape index (κ2) is 12.0. The number of benzene rings is 1. The number of nitrogens with zero attached hydrogens (tertiary/aromatic N) is 4. The molecule has 2 aliphatic heterocycles. The molecule has 3 heterocycles. The van der Waals surface area contributed by atoms with Crippen molar-refractivity contribution in [3.8, 4) is 0 Å². The van der Waals surface area contributed by atoms with Gasteiger partial charge in [0.15, 0.2) is 0 Å². The number of amides is 1. The van der Waals surface area contributed by atoms with E-state index in [-0.39, 0.29) is 24.5 Å². The van der Waals surface area contributed by atoms with Crippen LogP contribution in [0.1, 0.15) is 59.4 Å². The van der Waals surface area contributed by atoms with Gasteiger partial charge in [-0.2, -0.15) is 4.98 Å². The molecule has 5 N–H and O–H groups in total. The number of hydrogen-bond acceptors (Lipinski definition) is 9. The highest BCUT2D eigenvalue weighted by Gasteiger charge is 2.29. The van der Waals surface area contributed by atoms with Crippen LogP contribution in [0.4, 0.5) is 11.8 Å². The van der Waals surface area contributed by atoms with E-state index in [1.165, 1.54) is 0 Å². The minimum atomic E-state index is -0.605. The van der Waals surface area contributed by atoms with Gasteiger partial charge in [-0.05, 0) is 36.6 Å². The Labute approximate surface area is 211 Å². The van der Waals surface area contributed by atoms with Crippen molar-refractivity contribution in [2.24, 2.45) is 0 Å². The molecule has 2 atom stereocenters. The number of nitrogens with two attached hydrogens (primary N) is 1. The van der Waals surface area contributed by atoms with E-state index < -0.39 is 6.04 Å². The first-order chi connectivity index (χ1) is 17.5. The largest absolute Gasteiger partial charge is 0.396 e. The van der Waals surface area contributed by atoms with E-state index in [4.69, 9.17) is 5.73 Å². The molecule has 4 rings (SSSR count). The number of aromatic nitrogens is 2. The van der Waals surface area contributed by atoms with Crippen molar-refractivity contribution < 1.29 is 14.7 Å². The van der Waals surface area contributed by atoms with Gasteiger partial charge in [0.1, 0.15) is 18.1 Å². The van der Waals surface area contributed by atoms with Gasteiger partial charge in [-0.15, -0.1) is 0 Å². The monoisotopic (exact) mass is 493 g/mol. The van der Waals surface area contributed by atoms with Crippen molar-refractivity contribution in [1.82, 2.24) is 25.1 Å². The van der Waals surface area contributed by atoms with Gasteiger partial charge in [0.2, 0.25) is 5.95 Å². The summed E-state index contributed by atoms with van der Waals surface area (Å²) in [7, 11) is 0. The Hall–Kier alpha value is -3.50. The molecule has 1 saturated heterocycles. The van der Waals surface area contributed by atoms with Crippen LogP contribution in [0.25, 0.3) is 6.08 Å². The lowest BCUT2D eigenvalue weighted by Gasteiger charge is -2.33. The Morgan fingerprint density at radius 3 is 2.67 bits per heavy atom. The second-order valence-corrected chi connectivity index (χ2v) is 9.18. The number of piperazine rings is 1. The standard InChI is InChI=1S/C26H35N7O3/c1-2-3-20(9-15-34)29-24-23-21(30-26(27)31-24)8-12-33(22(23)17-35)16-18-4-6-19(7-5-18)25(36)32-13-10-28-11-14-32/h4-8,12,17,20,22,28,34H,2-3,9-11,13-16H2,1H3,(H3,27,29,30,31). The molecular formula is C26H35N7O3. The first-order valence-electron chi connectivity index (χ1n) is 12.6. The fraction of sp³-hybridized carbons (Fsp3) is 0.462. The fourth-order valence-corrected chi connectivity index (χ4v) is 4.76. The van der Waals surface area contributed by atoms with Crippen LogP contribution < -0.4 is 16.4 Å². The summed E-state index contributed by atoms with van der Waals surface area (Å²) in [5.41, 5.74) is 8.87. The van der Waals surface area contributed by atoms with Crippen LogP contribution in [-0.4, -0.2) is 75.9 Å². The summed E-state index contributed by atoms with van der Waals surface area (Å²) in [6, 6.07) is 6.95. The molecule has 10 nitrogen and oxygen atoms in total. The SMILES string of the molecule is CCCC(CCO)Nc1nc(N)nc2c1C(C=O)N(Cc1ccc(C(=O)N3CCNCC3)cc1)C=C2. The third kappa shape index (κ3) is 5.83. The molecule has 10 heteroatoms. The zero-order valence-electron chi connectivity index (χ0n) is 20.7. The second-order valence-electron chi connectivity index (χ2n) is 9.18. The van der Waals surface area contributed by atoms with Crippen molar-refractivity contribution in [1.29, 1.82) is 0 Å². The third-order valence-corrected chi connectivity index (χ3v) is 6.62. The molecule has 1 fully saturated rings. The summed E-state index contributed by atoms with van der Waals surface area (Å²) in [5, 5.41) is 16.1. The van der Waals surface area contributed by atoms with Crippen molar-refractivity contribution in [2.45, 2.75) is 44.8 Å². The molecule has 0 aliphatic carbocycles. The molecule has 0 saturated carbocycles. The maximum atomic E-state index is 12.8. The predicted molar refractivity (Wildman–Crippen MR) is 139 cm³/mol. The van der Waals surface area contributed by atoms with Crippen LogP contribution in [0, 0.1) is 0 Å². The molecule has 0 bridgehead atoms. The number of aldehydes is 1. The number of nitrogen functional groups attached to an aromatic ring is 1. The Balaban J connectivity index is 1.53. The summed E-state index contributed by atoms with van der Waals surface area (Å²) < 4.78 is 0. The topological polar surface area (TPSA) is 137 Å². The van der Waals surface area contributed by atoms with Crippen LogP contribution in [0.2, 0.25) is 0 Å². The molecule has 2 aliphatic rings. The van der Waals surface area contributed by atoms with Gasteiger partial charge in [-0.1, -0.05) is 25.5 Å². The molecule has 36 heavy (non-hydrogen) atoms. The molecule has 1 aromatic heterocycles. The van der Waals surface area contributed by atoms with E-state index in [1.54, 1.807) is 0 Å². The number of hydrogen-bond donors (Lipinski definition) is 4. The number of rotatable bonds is 10. The van der Waals surface area contributed by atoms with Crippen LogP contribution in [0.3, 0.4) is 0 Å². The summed E-state index contributed by atoms with van der Waals surface area (Å²) in [6.07, 6.45) is 6.92. The van der Waals surface area contributed by atoms with Gasteiger partial charge in [0, 0.05) is 57.1 Å². The van der Waals surface area contributed by atoms with Crippen molar-refractivity contribution in [2.75, 3.05) is 43.8 Å². The lowest BCUT2D eigenvalue weighted by Crippen LogP contribution is -2.46. The zero-order chi connectivity index (χ0) is 25.5. The number of carbonyl (C=O) groups excluding carboxylic acids is 2. The lowest BCUT2D eigenvalue weighted by atomic mass is 9.99. The van der Waals surface area contributed by atoms with Gasteiger partial charge < -0.3 is 36.1 Å². The van der Waals surface area contributed by atoms with Crippen molar-refractivity contribution in [3.05, 3.63) is 52.8 Å². The fourth-order valence-electron chi connectivity index (χ4n) is 4.76. The van der Waals surface area contributed by atoms with Crippen LogP contribution >= 0.6 is 0 Å². The zero-order valence-corrected chi connectivity index (χ0v) is 20.7. The number of aliphatic hydroxyl groups is 1. The highest BCUT2D eigenvalue weighted by molar-refractivity contribution is 5.94. The normalized spacial score (nSPS) is 18.0. The van der Waals surface area contributed by atoms with Gasteiger partial charge >= 0.3 is 0 Å². The van der Waals surface area contributed by atoms with E-state index in [2.05, 4.69) is 27.5 Å². The van der Waals surface area contributed by atoms with Gasteiger partial charge in [0.05, 0.1) is 11.3 Å². The number of carbonyl (C=O) groups is 2. The van der Waals surface area contributed by atoms with E-state index in [0.717, 1.165) is 37.8 Å². The Bertz CT molecular complexity index is 1080. The maximum absolute atomic E-state index is 12.8. The smallest absolute Gasteiger partial charge is 0.253 e. The summed E-state index contributed by atoms with van der Waals surface area (Å²) >= 11 is 0. The van der Waals surface area contributed by atoms with Crippen molar-refractivity contribution in [3.63, 3.8) is 0 Å². The third-order valence-electron chi connectivity index (χ3n) is 6.62. The number of nitrogens with one attached hydrogen (secondary N) is 2. The van der Waals surface area contributed by atoms with Gasteiger partial charge in [0.25, 0.3) is 5.91 Å². The maximum Gasteiger partial charge on any atom is 0.253 e. The van der Waals surface area contributed by atoms with Crippen LogP contribution in [0.5, 0.6) is 0 Å². The van der Waals surface area contributed by atoms with E-state index >= 15 is 0 Å². The summed E-state index contributed by atoms with van der Waals surface area (Å²) in [5.74, 6) is 0.686. The van der Waals surface area contributed by atoms with E-state index in [9.17, 15) is 14.7 Å². The van der Waals surface area contributed by atoms with E-state index in [1.807, 2.05) is 46.3 Å².